The number of alkyl halides is 3. The number of rotatable bonds is 10. The summed E-state index contributed by atoms with van der Waals surface area (Å²) in [4.78, 5) is 4.23. The van der Waals surface area contributed by atoms with E-state index in [2.05, 4.69) is 20.4 Å². The molecule has 1 aromatic rings. The molecule has 2 N–H and O–H groups in total. The van der Waals surface area contributed by atoms with Crippen LogP contribution in [-0.4, -0.2) is 59.1 Å². The minimum absolute atomic E-state index is 0.0173. The van der Waals surface area contributed by atoms with Crippen molar-refractivity contribution in [3.63, 3.8) is 0 Å². The maximum Gasteiger partial charge on any atom is 0.573 e. The summed E-state index contributed by atoms with van der Waals surface area (Å²) in [5.74, 6) is 0.0386. The topological polar surface area (TPSA) is 89.0 Å². The molecule has 0 aromatic heterocycles. The molecular formula is C16H24F3N3O4S. The third kappa shape index (κ3) is 11.3. The molecule has 0 aliphatic rings. The standard InChI is InChI=1S/C16H24F3N3O4S/c1-3-20-15(21-8-9-25-10-11-27(2,23)24)22-12-13-6-4-5-7-14(13)26-16(17,18)19/h4-7H,3,8-12H2,1-2H3,(H2,20,21,22). The molecule has 0 bridgehead atoms. The second-order valence-electron chi connectivity index (χ2n) is 5.52. The Hall–Kier alpha value is -2.01. The summed E-state index contributed by atoms with van der Waals surface area (Å²) in [7, 11) is -3.07. The number of nitrogens with zero attached hydrogens (tertiary/aromatic N) is 1. The number of hydrogen-bond donors (Lipinski definition) is 2. The maximum atomic E-state index is 12.4. The first kappa shape index (κ1) is 23.0. The number of guanidine groups is 1. The van der Waals surface area contributed by atoms with Crippen LogP contribution in [0.3, 0.4) is 0 Å². The van der Waals surface area contributed by atoms with Crippen molar-refractivity contribution >= 4 is 15.8 Å². The first-order valence-electron chi connectivity index (χ1n) is 8.22. The number of benzene rings is 1. The molecule has 1 aromatic carbocycles. The Balaban J connectivity index is 2.56. The van der Waals surface area contributed by atoms with Crippen LogP contribution in [0.4, 0.5) is 13.2 Å². The van der Waals surface area contributed by atoms with E-state index in [0.29, 0.717) is 19.0 Å². The molecule has 0 saturated carbocycles. The lowest BCUT2D eigenvalue weighted by atomic mass is 10.2. The molecule has 0 heterocycles. The number of aliphatic imine (C=N–C) groups is 1. The zero-order valence-electron chi connectivity index (χ0n) is 15.2. The van der Waals surface area contributed by atoms with Gasteiger partial charge in [0.1, 0.15) is 15.6 Å². The van der Waals surface area contributed by atoms with Crippen molar-refractivity contribution in [2.75, 3.05) is 38.3 Å². The van der Waals surface area contributed by atoms with Crippen molar-refractivity contribution in [3.05, 3.63) is 29.8 Å². The van der Waals surface area contributed by atoms with Crippen LogP contribution >= 0.6 is 0 Å². The highest BCUT2D eigenvalue weighted by Crippen LogP contribution is 2.26. The van der Waals surface area contributed by atoms with Crippen molar-refractivity contribution in [2.24, 2.45) is 4.99 Å². The molecular weight excluding hydrogens is 387 g/mol. The van der Waals surface area contributed by atoms with E-state index in [0.717, 1.165) is 6.26 Å². The highest BCUT2D eigenvalue weighted by Gasteiger charge is 2.31. The van der Waals surface area contributed by atoms with Gasteiger partial charge in [0.15, 0.2) is 5.96 Å². The Morgan fingerprint density at radius 2 is 1.89 bits per heavy atom. The monoisotopic (exact) mass is 411 g/mol. The molecule has 11 heteroatoms. The van der Waals surface area contributed by atoms with Crippen molar-refractivity contribution in [3.8, 4) is 5.75 Å². The van der Waals surface area contributed by atoms with Crippen molar-refractivity contribution in [1.29, 1.82) is 0 Å². The quantitative estimate of drug-likeness (QED) is 0.346. The molecule has 0 amide bonds. The van der Waals surface area contributed by atoms with E-state index < -0.39 is 16.2 Å². The fraction of sp³-hybridized carbons (Fsp3) is 0.562. The van der Waals surface area contributed by atoms with E-state index in [4.69, 9.17) is 4.74 Å². The van der Waals surface area contributed by atoms with Gasteiger partial charge in [0.25, 0.3) is 0 Å². The van der Waals surface area contributed by atoms with Gasteiger partial charge in [-0.25, -0.2) is 13.4 Å². The first-order chi connectivity index (χ1) is 12.6. The number of nitrogens with one attached hydrogen (secondary N) is 2. The number of hydrogen-bond acceptors (Lipinski definition) is 5. The average molecular weight is 411 g/mol. The molecule has 27 heavy (non-hydrogen) atoms. The number of para-hydroxylation sites is 1. The molecule has 0 unspecified atom stereocenters. The fourth-order valence-electron chi connectivity index (χ4n) is 1.92. The maximum absolute atomic E-state index is 12.4. The van der Waals surface area contributed by atoms with E-state index >= 15 is 0 Å². The van der Waals surface area contributed by atoms with Crippen LogP contribution in [-0.2, 0) is 21.1 Å². The molecule has 0 spiro atoms. The van der Waals surface area contributed by atoms with Gasteiger partial charge in [0.05, 0.1) is 25.5 Å². The molecule has 0 radical (unpaired) electrons. The van der Waals surface area contributed by atoms with E-state index in [1.807, 2.05) is 6.92 Å². The van der Waals surface area contributed by atoms with Gasteiger partial charge >= 0.3 is 6.36 Å². The van der Waals surface area contributed by atoms with Gasteiger partial charge < -0.3 is 20.1 Å². The Morgan fingerprint density at radius 3 is 2.52 bits per heavy atom. The van der Waals surface area contributed by atoms with Crippen LogP contribution in [0, 0.1) is 0 Å². The second-order valence-corrected chi connectivity index (χ2v) is 7.78. The number of sulfone groups is 1. The Bertz CT molecular complexity index is 709. The molecule has 0 aliphatic carbocycles. The lowest BCUT2D eigenvalue weighted by Crippen LogP contribution is -2.39. The lowest BCUT2D eigenvalue weighted by molar-refractivity contribution is -0.274. The SMILES string of the molecule is CCNC(=NCc1ccccc1OC(F)(F)F)NCCOCCS(C)(=O)=O. The summed E-state index contributed by atoms with van der Waals surface area (Å²) in [5, 5.41) is 5.92. The minimum Gasteiger partial charge on any atom is -0.405 e. The van der Waals surface area contributed by atoms with E-state index in [-0.39, 0.29) is 36.8 Å². The van der Waals surface area contributed by atoms with E-state index in [1.54, 1.807) is 6.07 Å². The van der Waals surface area contributed by atoms with Gasteiger partial charge in [-0.1, -0.05) is 18.2 Å². The molecule has 0 atom stereocenters. The largest absolute Gasteiger partial charge is 0.573 e. The van der Waals surface area contributed by atoms with Gasteiger partial charge in [0, 0.05) is 24.9 Å². The summed E-state index contributed by atoms with van der Waals surface area (Å²) in [6.45, 7) is 3.10. The van der Waals surface area contributed by atoms with E-state index in [1.165, 1.54) is 18.2 Å². The molecule has 1 rings (SSSR count). The summed E-state index contributed by atoms with van der Waals surface area (Å²) in [6, 6.07) is 5.78. The summed E-state index contributed by atoms with van der Waals surface area (Å²) in [6.07, 6.45) is -3.64. The Kier molecular flexibility index (Phi) is 9.36. The van der Waals surface area contributed by atoms with Gasteiger partial charge in [-0.3, -0.25) is 0 Å². The normalized spacial score (nSPS) is 12.7. The Labute approximate surface area is 156 Å². The van der Waals surface area contributed by atoms with E-state index in [9.17, 15) is 21.6 Å². The number of halogens is 3. The van der Waals surface area contributed by atoms with Crippen molar-refractivity contribution in [2.45, 2.75) is 19.8 Å². The molecule has 0 fully saturated rings. The van der Waals surface area contributed by atoms with Crippen LogP contribution < -0.4 is 15.4 Å². The minimum atomic E-state index is -4.77. The first-order valence-corrected chi connectivity index (χ1v) is 10.3. The molecule has 0 saturated heterocycles. The predicted octanol–water partition coefficient (Wildman–Crippen LogP) is 1.70. The third-order valence-electron chi connectivity index (χ3n) is 3.09. The van der Waals surface area contributed by atoms with Gasteiger partial charge in [-0.2, -0.15) is 0 Å². The van der Waals surface area contributed by atoms with Crippen LogP contribution in [0.5, 0.6) is 5.75 Å². The predicted molar refractivity (Wildman–Crippen MR) is 96.5 cm³/mol. The van der Waals surface area contributed by atoms with Crippen LogP contribution in [0.25, 0.3) is 0 Å². The van der Waals surface area contributed by atoms with Crippen molar-refractivity contribution < 1.29 is 31.1 Å². The average Bonchev–Trinajstić information content (AvgIpc) is 2.54. The second kappa shape index (κ2) is 11.0. The van der Waals surface area contributed by atoms with Crippen LogP contribution in [0.15, 0.2) is 29.3 Å². The third-order valence-corrected chi connectivity index (χ3v) is 4.00. The Morgan fingerprint density at radius 1 is 1.19 bits per heavy atom. The highest BCUT2D eigenvalue weighted by molar-refractivity contribution is 7.90. The number of ether oxygens (including phenoxy) is 2. The summed E-state index contributed by atoms with van der Waals surface area (Å²) >= 11 is 0. The van der Waals surface area contributed by atoms with Crippen molar-refractivity contribution in [1.82, 2.24) is 10.6 Å². The smallest absolute Gasteiger partial charge is 0.405 e. The highest BCUT2D eigenvalue weighted by atomic mass is 32.2. The molecule has 7 nitrogen and oxygen atoms in total. The van der Waals surface area contributed by atoms with Gasteiger partial charge in [-0.15, -0.1) is 13.2 Å². The summed E-state index contributed by atoms with van der Waals surface area (Å²) < 4.78 is 68.5. The summed E-state index contributed by atoms with van der Waals surface area (Å²) in [5.41, 5.74) is 0.288. The van der Waals surface area contributed by atoms with Crippen LogP contribution in [0.2, 0.25) is 0 Å². The molecule has 154 valence electrons. The van der Waals surface area contributed by atoms with Crippen LogP contribution in [0.1, 0.15) is 12.5 Å². The zero-order valence-corrected chi connectivity index (χ0v) is 16.0. The lowest BCUT2D eigenvalue weighted by Gasteiger charge is -2.14. The zero-order chi connectivity index (χ0) is 20.3. The molecule has 0 aliphatic heterocycles. The van der Waals surface area contributed by atoms with Gasteiger partial charge in [0.2, 0.25) is 0 Å². The van der Waals surface area contributed by atoms with Gasteiger partial charge in [-0.05, 0) is 13.0 Å². The fourth-order valence-corrected chi connectivity index (χ4v) is 2.34.